The van der Waals surface area contributed by atoms with Gasteiger partial charge in [-0.2, -0.15) is 0 Å². The Balaban J connectivity index is 1.81. The van der Waals surface area contributed by atoms with Gasteiger partial charge in [0.05, 0.1) is 12.8 Å². The SMILES string of the molecule is C[NH+](CCOc1ccc(Br)cc1)[C@H]1CS(=O)(=O)C[C@@H]1O. The quantitative estimate of drug-likeness (QED) is 0.739. The average Bonchev–Trinajstić information content (AvgIpc) is 2.65. The molecule has 1 aromatic carbocycles. The number of quaternary nitrogens is 1. The lowest BCUT2D eigenvalue weighted by Gasteiger charge is -2.22. The van der Waals surface area contributed by atoms with Crippen LogP contribution >= 0.6 is 15.9 Å². The van der Waals surface area contributed by atoms with Crippen LogP contribution in [0.1, 0.15) is 0 Å². The predicted octanol–water partition coefficient (Wildman–Crippen LogP) is -0.499. The summed E-state index contributed by atoms with van der Waals surface area (Å²) in [6.45, 7) is 1.13. The molecule has 0 bridgehead atoms. The molecule has 0 aliphatic carbocycles. The first-order valence-electron chi connectivity index (χ1n) is 6.46. The van der Waals surface area contributed by atoms with Crippen LogP contribution < -0.4 is 9.64 Å². The number of hydrogen-bond donors (Lipinski definition) is 2. The molecule has 2 N–H and O–H groups in total. The standard InChI is InChI=1S/C13H18BrNO4S/c1-15(12-8-20(17,18)9-13(12)16)6-7-19-11-4-2-10(14)3-5-11/h2-5,12-13,16H,6-9H2,1H3/p+1/t12-,13-/m0/s1. The molecule has 1 aromatic rings. The fourth-order valence-corrected chi connectivity index (χ4v) is 4.55. The van der Waals surface area contributed by atoms with Gasteiger partial charge in [0.15, 0.2) is 9.84 Å². The maximum atomic E-state index is 11.5. The summed E-state index contributed by atoms with van der Waals surface area (Å²) in [5, 5.41) is 9.80. The van der Waals surface area contributed by atoms with Gasteiger partial charge in [0.25, 0.3) is 0 Å². The second kappa shape index (κ2) is 6.43. The van der Waals surface area contributed by atoms with E-state index in [0.717, 1.165) is 15.1 Å². The highest BCUT2D eigenvalue weighted by Crippen LogP contribution is 2.15. The smallest absolute Gasteiger partial charge is 0.159 e. The first kappa shape index (κ1) is 15.8. The number of likely N-dealkylation sites (N-methyl/N-ethyl adjacent to an activating group) is 1. The van der Waals surface area contributed by atoms with E-state index in [1.54, 1.807) is 0 Å². The van der Waals surface area contributed by atoms with Crippen LogP contribution in [-0.4, -0.2) is 57.4 Å². The van der Waals surface area contributed by atoms with Crippen molar-refractivity contribution in [1.29, 1.82) is 0 Å². The Bertz CT molecular complexity index is 546. The summed E-state index contributed by atoms with van der Waals surface area (Å²) in [7, 11) is -1.20. The first-order valence-corrected chi connectivity index (χ1v) is 9.08. The number of aliphatic hydroxyl groups is 1. The highest BCUT2D eigenvalue weighted by Gasteiger charge is 2.41. The maximum absolute atomic E-state index is 11.5. The molecule has 112 valence electrons. The second-order valence-corrected chi connectivity index (χ2v) is 8.22. The second-order valence-electron chi connectivity index (χ2n) is 5.15. The van der Waals surface area contributed by atoms with Gasteiger partial charge in [0.2, 0.25) is 0 Å². The van der Waals surface area contributed by atoms with Crippen LogP contribution in [0.5, 0.6) is 5.75 Å². The molecule has 0 radical (unpaired) electrons. The van der Waals surface area contributed by atoms with Crippen LogP contribution in [0, 0.1) is 0 Å². The lowest BCUT2D eigenvalue weighted by Crippen LogP contribution is -3.15. The normalized spacial score (nSPS) is 26.4. The third-order valence-corrected chi connectivity index (χ3v) is 5.78. The summed E-state index contributed by atoms with van der Waals surface area (Å²) < 4.78 is 29.5. The number of nitrogens with one attached hydrogen (secondary N) is 1. The van der Waals surface area contributed by atoms with Crippen molar-refractivity contribution in [3.8, 4) is 5.75 Å². The molecule has 1 aliphatic heterocycles. The van der Waals surface area contributed by atoms with E-state index in [4.69, 9.17) is 4.74 Å². The van der Waals surface area contributed by atoms with Crippen molar-refractivity contribution < 1.29 is 23.2 Å². The fraction of sp³-hybridized carbons (Fsp3) is 0.538. The molecule has 0 saturated carbocycles. The molecule has 1 aliphatic rings. The van der Waals surface area contributed by atoms with Gasteiger partial charge >= 0.3 is 0 Å². The maximum Gasteiger partial charge on any atom is 0.159 e. The minimum atomic E-state index is -3.09. The molecule has 0 aromatic heterocycles. The Morgan fingerprint density at radius 3 is 2.55 bits per heavy atom. The van der Waals surface area contributed by atoms with Crippen LogP contribution in [0.4, 0.5) is 0 Å². The largest absolute Gasteiger partial charge is 0.488 e. The van der Waals surface area contributed by atoms with E-state index in [1.165, 1.54) is 0 Å². The molecular formula is C13H19BrNO4S+. The first-order chi connectivity index (χ1) is 9.37. The summed E-state index contributed by atoms with van der Waals surface area (Å²) >= 11 is 3.35. The Labute approximate surface area is 127 Å². The highest BCUT2D eigenvalue weighted by atomic mass is 79.9. The van der Waals surface area contributed by atoms with E-state index >= 15 is 0 Å². The van der Waals surface area contributed by atoms with Crippen molar-refractivity contribution in [2.45, 2.75) is 12.1 Å². The zero-order valence-electron chi connectivity index (χ0n) is 11.3. The Hall–Kier alpha value is -0.630. The van der Waals surface area contributed by atoms with Gasteiger partial charge in [-0.25, -0.2) is 8.42 Å². The Morgan fingerprint density at radius 1 is 1.35 bits per heavy atom. The minimum Gasteiger partial charge on any atom is -0.488 e. The lowest BCUT2D eigenvalue weighted by atomic mass is 10.2. The van der Waals surface area contributed by atoms with E-state index in [2.05, 4.69) is 15.9 Å². The van der Waals surface area contributed by atoms with Crippen molar-refractivity contribution in [2.24, 2.45) is 0 Å². The number of sulfone groups is 1. The molecule has 2 rings (SSSR count). The van der Waals surface area contributed by atoms with Crippen LogP contribution in [-0.2, 0) is 9.84 Å². The number of hydrogen-bond acceptors (Lipinski definition) is 4. The van der Waals surface area contributed by atoms with E-state index in [9.17, 15) is 13.5 Å². The summed E-state index contributed by atoms with van der Waals surface area (Å²) in [5.41, 5.74) is 0. The van der Waals surface area contributed by atoms with Gasteiger partial charge in [-0.05, 0) is 24.3 Å². The average molecular weight is 365 g/mol. The monoisotopic (exact) mass is 364 g/mol. The molecule has 1 fully saturated rings. The number of halogens is 1. The Morgan fingerprint density at radius 2 is 2.00 bits per heavy atom. The van der Waals surface area contributed by atoms with Gasteiger partial charge in [0.1, 0.15) is 36.8 Å². The van der Waals surface area contributed by atoms with Crippen molar-refractivity contribution in [2.75, 3.05) is 31.7 Å². The molecule has 3 atom stereocenters. The van der Waals surface area contributed by atoms with Crippen LogP contribution in [0.2, 0.25) is 0 Å². The van der Waals surface area contributed by atoms with Crippen molar-refractivity contribution >= 4 is 25.8 Å². The zero-order chi connectivity index (χ0) is 14.8. The molecule has 1 heterocycles. The van der Waals surface area contributed by atoms with Gasteiger partial charge in [0, 0.05) is 4.47 Å². The van der Waals surface area contributed by atoms with Crippen molar-refractivity contribution in [3.05, 3.63) is 28.7 Å². The fourth-order valence-electron chi connectivity index (χ4n) is 2.35. The van der Waals surface area contributed by atoms with Crippen molar-refractivity contribution in [1.82, 2.24) is 0 Å². The Kier molecular flexibility index (Phi) is 5.06. The van der Waals surface area contributed by atoms with Crippen LogP contribution in [0.3, 0.4) is 0 Å². The summed E-state index contributed by atoms with van der Waals surface area (Å²) in [6.07, 6.45) is -0.771. The molecule has 0 spiro atoms. The number of ether oxygens (including phenoxy) is 1. The predicted molar refractivity (Wildman–Crippen MR) is 79.8 cm³/mol. The molecule has 5 nitrogen and oxygen atoms in total. The summed E-state index contributed by atoms with van der Waals surface area (Å²) in [6, 6.07) is 7.29. The number of aliphatic hydroxyl groups excluding tert-OH is 1. The van der Waals surface area contributed by atoms with Gasteiger partial charge < -0.3 is 14.7 Å². The third kappa shape index (κ3) is 4.18. The van der Waals surface area contributed by atoms with E-state index in [1.807, 2.05) is 31.3 Å². The van der Waals surface area contributed by atoms with E-state index in [0.29, 0.717) is 13.2 Å². The van der Waals surface area contributed by atoms with Gasteiger partial charge in [-0.15, -0.1) is 0 Å². The molecule has 0 amide bonds. The van der Waals surface area contributed by atoms with Crippen LogP contribution in [0.25, 0.3) is 0 Å². The lowest BCUT2D eigenvalue weighted by molar-refractivity contribution is -0.905. The summed E-state index contributed by atoms with van der Waals surface area (Å²) in [4.78, 5) is 0.982. The van der Waals surface area contributed by atoms with Crippen molar-refractivity contribution in [3.63, 3.8) is 0 Å². The molecule has 20 heavy (non-hydrogen) atoms. The van der Waals surface area contributed by atoms with E-state index in [-0.39, 0.29) is 17.5 Å². The van der Waals surface area contributed by atoms with Gasteiger partial charge in [-0.3, -0.25) is 0 Å². The highest BCUT2D eigenvalue weighted by molar-refractivity contribution is 9.10. The molecule has 7 heteroatoms. The minimum absolute atomic E-state index is 0.0539. The van der Waals surface area contributed by atoms with Crippen LogP contribution in [0.15, 0.2) is 28.7 Å². The van der Waals surface area contributed by atoms with E-state index < -0.39 is 15.9 Å². The topological polar surface area (TPSA) is 68.0 Å². The van der Waals surface area contributed by atoms with Gasteiger partial charge in [-0.1, -0.05) is 15.9 Å². The number of rotatable bonds is 5. The molecule has 1 saturated heterocycles. The summed E-state index contributed by atoms with van der Waals surface area (Å²) in [5.74, 6) is 0.710. The molecular weight excluding hydrogens is 346 g/mol. The number of benzene rings is 1. The third-order valence-electron chi connectivity index (χ3n) is 3.53. The zero-order valence-corrected chi connectivity index (χ0v) is 13.7. The molecule has 1 unspecified atom stereocenters.